The van der Waals surface area contributed by atoms with Gasteiger partial charge in [-0.2, -0.15) is 0 Å². The van der Waals surface area contributed by atoms with Gasteiger partial charge in [0, 0.05) is 62.5 Å². The van der Waals surface area contributed by atoms with Crippen molar-refractivity contribution < 1.29 is 0 Å². The van der Waals surface area contributed by atoms with E-state index in [0.29, 0.717) is 17.5 Å². The summed E-state index contributed by atoms with van der Waals surface area (Å²) in [5, 5.41) is 0. The minimum Gasteiger partial charge on any atom is -0.256 e. The Bertz CT molecular complexity index is 3440. The molecule has 0 amide bonds. The third-order valence-corrected chi connectivity index (χ3v) is 12.6. The Morgan fingerprint density at radius 1 is 0.167 bits per heavy atom. The van der Waals surface area contributed by atoms with Crippen molar-refractivity contribution >= 4 is 0 Å². The first-order chi connectivity index (χ1) is 35.6. The van der Waals surface area contributed by atoms with Crippen LogP contribution in [0.25, 0.3) is 124 Å². The van der Waals surface area contributed by atoms with E-state index in [-0.39, 0.29) is 0 Å². The third-order valence-electron chi connectivity index (χ3n) is 12.6. The third kappa shape index (κ3) is 9.33. The first-order valence-corrected chi connectivity index (χ1v) is 23.9. The summed E-state index contributed by atoms with van der Waals surface area (Å²) in [4.78, 5) is 35.8. The zero-order valence-electron chi connectivity index (χ0n) is 39.0. The van der Waals surface area contributed by atoms with Crippen LogP contribution in [0.1, 0.15) is 0 Å². The molecule has 338 valence electrons. The van der Waals surface area contributed by atoms with Crippen molar-refractivity contribution in [2.75, 3.05) is 0 Å². The van der Waals surface area contributed by atoms with Crippen LogP contribution in [0.2, 0.25) is 0 Å². The second kappa shape index (κ2) is 19.6. The fourth-order valence-electron chi connectivity index (χ4n) is 8.93. The Kier molecular flexibility index (Phi) is 11.8. The number of pyridine rings is 4. The molecular weight excluding hydrogens is 879 g/mol. The minimum atomic E-state index is 0.505. The lowest BCUT2D eigenvalue weighted by Crippen LogP contribution is -2.01. The minimum absolute atomic E-state index is 0.505. The molecule has 0 N–H and O–H groups in total. The van der Waals surface area contributed by atoms with Gasteiger partial charge in [-0.3, -0.25) is 9.97 Å². The number of hydrogen-bond acceptors (Lipinski definition) is 7. The van der Waals surface area contributed by atoms with Crippen LogP contribution in [0.4, 0.5) is 0 Å². The standard InChI is InChI=1S/C65H43N7/c1-5-17-44(18-6-1)52-40-59(46-21-9-3-10-22-46)68-61(42-52)54-37-55(62-43-53(45-19-7-2-8-20-45)41-60(69-62)47-23-11-4-12-24-47)39-56(38-54)65-71-63(50-31-27-48(28-32-50)57-25-13-15-35-66-57)70-64(72-65)51-33-29-49(30-34-51)58-26-14-16-36-67-58/h1-43H. The van der Waals surface area contributed by atoms with E-state index < -0.39 is 0 Å². The van der Waals surface area contributed by atoms with Gasteiger partial charge in [-0.1, -0.05) is 182 Å². The maximum absolute atomic E-state index is 5.41. The topological polar surface area (TPSA) is 90.2 Å². The highest BCUT2D eigenvalue weighted by molar-refractivity contribution is 5.84. The molecule has 0 fully saturated rings. The van der Waals surface area contributed by atoms with Crippen LogP contribution in [0.3, 0.4) is 0 Å². The molecular formula is C65H43N7. The molecule has 0 unspecified atom stereocenters. The summed E-state index contributed by atoms with van der Waals surface area (Å²) in [6, 6.07) is 85.0. The van der Waals surface area contributed by atoms with Crippen molar-refractivity contribution in [1.29, 1.82) is 0 Å². The van der Waals surface area contributed by atoms with Crippen molar-refractivity contribution in [1.82, 2.24) is 34.9 Å². The van der Waals surface area contributed by atoms with E-state index in [1.54, 1.807) is 12.4 Å². The average molecular weight is 922 g/mol. The maximum atomic E-state index is 5.41. The second-order valence-electron chi connectivity index (χ2n) is 17.4. The fourth-order valence-corrected chi connectivity index (χ4v) is 8.93. The van der Waals surface area contributed by atoms with E-state index in [1.165, 1.54) is 0 Å². The Labute approximate surface area is 418 Å². The number of aromatic nitrogens is 7. The first kappa shape index (κ1) is 43.4. The molecule has 0 radical (unpaired) electrons. The van der Waals surface area contributed by atoms with Crippen LogP contribution < -0.4 is 0 Å². The molecule has 0 aliphatic rings. The maximum Gasteiger partial charge on any atom is 0.164 e. The van der Waals surface area contributed by atoms with Crippen LogP contribution in [0, 0.1) is 0 Å². The molecule has 0 saturated heterocycles. The molecule has 7 aromatic carbocycles. The molecule has 12 aromatic rings. The van der Waals surface area contributed by atoms with Gasteiger partial charge in [0.1, 0.15) is 0 Å². The van der Waals surface area contributed by atoms with Gasteiger partial charge in [0.25, 0.3) is 0 Å². The summed E-state index contributed by atoms with van der Waals surface area (Å²) in [6.45, 7) is 0. The number of benzene rings is 7. The molecule has 0 bridgehead atoms. The van der Waals surface area contributed by atoms with Gasteiger partial charge < -0.3 is 0 Å². The number of nitrogens with zero attached hydrogens (tertiary/aromatic N) is 7. The smallest absolute Gasteiger partial charge is 0.164 e. The molecule has 12 rings (SSSR count). The molecule has 0 spiro atoms. The van der Waals surface area contributed by atoms with Gasteiger partial charge >= 0.3 is 0 Å². The van der Waals surface area contributed by atoms with Crippen molar-refractivity contribution in [3.63, 3.8) is 0 Å². The summed E-state index contributed by atoms with van der Waals surface area (Å²) in [5.74, 6) is 1.58. The van der Waals surface area contributed by atoms with E-state index in [9.17, 15) is 0 Å². The lowest BCUT2D eigenvalue weighted by molar-refractivity contribution is 1.07. The van der Waals surface area contributed by atoms with Gasteiger partial charge in [-0.15, -0.1) is 0 Å². The van der Waals surface area contributed by atoms with Gasteiger partial charge in [0.2, 0.25) is 0 Å². The summed E-state index contributed by atoms with van der Waals surface area (Å²) in [6.07, 6.45) is 3.61. The summed E-state index contributed by atoms with van der Waals surface area (Å²) in [5.41, 5.74) is 17.7. The lowest BCUT2D eigenvalue weighted by Gasteiger charge is -2.15. The van der Waals surface area contributed by atoms with E-state index >= 15 is 0 Å². The highest BCUT2D eigenvalue weighted by Gasteiger charge is 2.19. The number of rotatable bonds is 11. The molecule has 0 saturated carbocycles. The average Bonchev–Trinajstić information content (AvgIpc) is 3.48. The van der Waals surface area contributed by atoms with E-state index in [2.05, 4.69) is 174 Å². The Morgan fingerprint density at radius 2 is 0.458 bits per heavy atom. The van der Waals surface area contributed by atoms with E-state index in [1.807, 2.05) is 84.9 Å². The molecule has 72 heavy (non-hydrogen) atoms. The summed E-state index contributed by atoms with van der Waals surface area (Å²) < 4.78 is 0. The predicted octanol–water partition coefficient (Wildman–Crippen LogP) is 15.8. The van der Waals surface area contributed by atoms with Crippen molar-refractivity contribution in [2.45, 2.75) is 0 Å². The van der Waals surface area contributed by atoms with Crippen molar-refractivity contribution in [3.8, 4) is 124 Å². The van der Waals surface area contributed by atoms with Gasteiger partial charge in [-0.25, -0.2) is 24.9 Å². The van der Waals surface area contributed by atoms with E-state index in [0.717, 1.165) is 106 Å². The molecule has 7 heteroatoms. The SMILES string of the molecule is c1ccc(-c2cc(-c3ccccc3)nc(-c3cc(-c4cc(-c5ccccc5)cc(-c5ccccc5)n4)cc(-c4nc(-c5ccc(-c6ccccn6)cc5)nc(-c5ccc(-c6ccccn6)cc5)n4)c3)c2)cc1. The van der Waals surface area contributed by atoms with Crippen LogP contribution >= 0.6 is 0 Å². The monoisotopic (exact) mass is 921 g/mol. The Balaban J connectivity index is 1.09. The van der Waals surface area contributed by atoms with Crippen LogP contribution in [-0.2, 0) is 0 Å². The van der Waals surface area contributed by atoms with Crippen molar-refractivity contribution in [2.24, 2.45) is 0 Å². The van der Waals surface area contributed by atoms with Crippen LogP contribution in [0.5, 0.6) is 0 Å². The molecule has 0 aliphatic heterocycles. The zero-order chi connectivity index (χ0) is 48.1. The lowest BCUT2D eigenvalue weighted by atomic mass is 9.95. The Morgan fingerprint density at radius 3 is 0.819 bits per heavy atom. The highest BCUT2D eigenvalue weighted by Crippen LogP contribution is 2.38. The van der Waals surface area contributed by atoms with Gasteiger partial charge in [-0.05, 0) is 89.0 Å². The normalized spacial score (nSPS) is 11.1. The molecule has 0 aliphatic carbocycles. The largest absolute Gasteiger partial charge is 0.256 e. The van der Waals surface area contributed by atoms with Gasteiger partial charge in [0.15, 0.2) is 17.5 Å². The predicted molar refractivity (Wildman–Crippen MR) is 291 cm³/mol. The first-order valence-electron chi connectivity index (χ1n) is 23.9. The van der Waals surface area contributed by atoms with Gasteiger partial charge in [0.05, 0.1) is 34.2 Å². The summed E-state index contributed by atoms with van der Waals surface area (Å²) in [7, 11) is 0. The quantitative estimate of drug-likeness (QED) is 0.128. The van der Waals surface area contributed by atoms with Crippen LogP contribution in [0.15, 0.2) is 261 Å². The second-order valence-corrected chi connectivity index (χ2v) is 17.4. The zero-order valence-corrected chi connectivity index (χ0v) is 39.0. The molecule has 5 heterocycles. The summed E-state index contributed by atoms with van der Waals surface area (Å²) >= 11 is 0. The molecule has 7 nitrogen and oxygen atoms in total. The molecule has 0 atom stereocenters. The van der Waals surface area contributed by atoms with E-state index in [4.69, 9.17) is 24.9 Å². The fraction of sp³-hybridized carbons (Fsp3) is 0. The number of hydrogen-bond donors (Lipinski definition) is 0. The highest BCUT2D eigenvalue weighted by atomic mass is 15.0. The molecule has 5 aromatic heterocycles. The van der Waals surface area contributed by atoms with Crippen LogP contribution in [-0.4, -0.2) is 34.9 Å². The Hall–Kier alpha value is -9.85. The van der Waals surface area contributed by atoms with Crippen molar-refractivity contribution in [3.05, 3.63) is 261 Å².